The lowest BCUT2D eigenvalue weighted by Crippen LogP contribution is -1.94. The van der Waals surface area contributed by atoms with Gasteiger partial charge in [0.25, 0.3) is 0 Å². The first kappa shape index (κ1) is 11.9. The van der Waals surface area contributed by atoms with Gasteiger partial charge in [0.1, 0.15) is 24.1 Å². The molecule has 3 rings (SSSR count). The number of nitrogens with zero attached hydrogens (tertiary/aromatic N) is 4. The topological polar surface area (TPSA) is 101 Å². The molecule has 0 aliphatic heterocycles. The molecular formula is C13H9N5O2. The van der Waals surface area contributed by atoms with Crippen LogP contribution < -0.4 is 4.74 Å². The Bertz CT molecular complexity index is 742. The van der Waals surface area contributed by atoms with E-state index in [0.29, 0.717) is 17.2 Å². The Balaban J connectivity index is 1.81. The van der Waals surface area contributed by atoms with E-state index in [1.54, 1.807) is 12.3 Å². The molecule has 0 aliphatic carbocycles. The number of aromatic amines is 1. The standard InChI is InChI=1S/C13H9N5O2/c14-5-12-13(17-18-16-12)9-2-1-3-10(4-9)19-7-11-6-15-8-20-11/h1-4,6,8H,7H2,(H,16,17,18). The van der Waals surface area contributed by atoms with E-state index in [2.05, 4.69) is 20.4 Å². The molecule has 0 saturated heterocycles. The van der Waals surface area contributed by atoms with Gasteiger partial charge in [0, 0.05) is 5.56 Å². The number of aromatic nitrogens is 4. The maximum Gasteiger partial charge on any atom is 0.190 e. The SMILES string of the molecule is N#Cc1n[nH]nc1-c1cccc(OCc2cnco2)c1. The summed E-state index contributed by atoms with van der Waals surface area (Å²) in [5.41, 5.74) is 1.50. The smallest absolute Gasteiger partial charge is 0.190 e. The second kappa shape index (κ2) is 5.24. The maximum atomic E-state index is 8.94. The van der Waals surface area contributed by atoms with Crippen LogP contribution in [-0.2, 0) is 6.61 Å². The lowest BCUT2D eigenvalue weighted by atomic mass is 10.1. The highest BCUT2D eigenvalue weighted by molar-refractivity contribution is 5.65. The third-order valence-corrected chi connectivity index (χ3v) is 2.63. The fourth-order valence-electron chi connectivity index (χ4n) is 1.71. The molecule has 98 valence electrons. The van der Waals surface area contributed by atoms with Crippen molar-refractivity contribution in [2.24, 2.45) is 0 Å². The van der Waals surface area contributed by atoms with Crippen LogP contribution in [0.5, 0.6) is 5.75 Å². The van der Waals surface area contributed by atoms with Gasteiger partial charge in [-0.05, 0) is 12.1 Å². The summed E-state index contributed by atoms with van der Waals surface area (Å²) in [4.78, 5) is 3.81. The minimum atomic E-state index is 0.248. The summed E-state index contributed by atoms with van der Waals surface area (Å²) >= 11 is 0. The number of nitriles is 1. The molecule has 0 aliphatic rings. The zero-order chi connectivity index (χ0) is 13.8. The number of hydrogen-bond donors (Lipinski definition) is 1. The molecular weight excluding hydrogens is 258 g/mol. The van der Waals surface area contributed by atoms with Crippen LogP contribution in [0.15, 0.2) is 41.3 Å². The molecule has 0 saturated carbocycles. The van der Waals surface area contributed by atoms with Crippen molar-refractivity contribution in [3.05, 3.63) is 48.3 Å². The third kappa shape index (κ3) is 2.35. The van der Waals surface area contributed by atoms with E-state index < -0.39 is 0 Å². The summed E-state index contributed by atoms with van der Waals surface area (Å²) < 4.78 is 10.7. The predicted octanol–water partition coefficient (Wildman–Crippen LogP) is 1.91. The monoisotopic (exact) mass is 267 g/mol. The first-order chi connectivity index (χ1) is 9.86. The highest BCUT2D eigenvalue weighted by atomic mass is 16.5. The molecule has 20 heavy (non-hydrogen) atoms. The first-order valence-corrected chi connectivity index (χ1v) is 5.78. The van der Waals surface area contributed by atoms with E-state index >= 15 is 0 Å². The van der Waals surface area contributed by atoms with E-state index in [-0.39, 0.29) is 12.3 Å². The second-order valence-electron chi connectivity index (χ2n) is 3.92. The van der Waals surface area contributed by atoms with Crippen LogP contribution in [0.3, 0.4) is 0 Å². The number of rotatable bonds is 4. The van der Waals surface area contributed by atoms with Gasteiger partial charge in [0.05, 0.1) is 6.20 Å². The van der Waals surface area contributed by atoms with Crippen LogP contribution in [0.4, 0.5) is 0 Å². The van der Waals surface area contributed by atoms with E-state index in [0.717, 1.165) is 5.56 Å². The molecule has 0 radical (unpaired) electrons. The molecule has 7 nitrogen and oxygen atoms in total. The van der Waals surface area contributed by atoms with Gasteiger partial charge in [-0.25, -0.2) is 4.98 Å². The van der Waals surface area contributed by atoms with Crippen molar-refractivity contribution in [2.45, 2.75) is 6.61 Å². The van der Waals surface area contributed by atoms with E-state index in [9.17, 15) is 0 Å². The highest BCUT2D eigenvalue weighted by Crippen LogP contribution is 2.24. The van der Waals surface area contributed by atoms with Gasteiger partial charge in [-0.3, -0.25) is 0 Å². The molecule has 0 bridgehead atoms. The minimum Gasteiger partial charge on any atom is -0.486 e. The normalized spacial score (nSPS) is 10.2. The van der Waals surface area contributed by atoms with Gasteiger partial charge in [0.2, 0.25) is 0 Å². The zero-order valence-electron chi connectivity index (χ0n) is 10.3. The second-order valence-corrected chi connectivity index (χ2v) is 3.92. The Morgan fingerprint density at radius 2 is 2.30 bits per heavy atom. The highest BCUT2D eigenvalue weighted by Gasteiger charge is 2.10. The van der Waals surface area contributed by atoms with Gasteiger partial charge in [-0.2, -0.15) is 15.6 Å². The van der Waals surface area contributed by atoms with Crippen molar-refractivity contribution in [2.75, 3.05) is 0 Å². The number of benzene rings is 1. The molecule has 2 heterocycles. The number of nitrogens with one attached hydrogen (secondary N) is 1. The van der Waals surface area contributed by atoms with Crippen molar-refractivity contribution in [3.63, 3.8) is 0 Å². The van der Waals surface area contributed by atoms with Gasteiger partial charge in [0.15, 0.2) is 17.8 Å². The van der Waals surface area contributed by atoms with Crippen LogP contribution in [0.2, 0.25) is 0 Å². The van der Waals surface area contributed by atoms with Crippen LogP contribution >= 0.6 is 0 Å². The minimum absolute atomic E-state index is 0.248. The summed E-state index contributed by atoms with van der Waals surface area (Å²) in [6.45, 7) is 0.285. The summed E-state index contributed by atoms with van der Waals surface area (Å²) in [6.07, 6.45) is 2.94. The Morgan fingerprint density at radius 1 is 1.35 bits per heavy atom. The Labute approximate surface area is 113 Å². The lowest BCUT2D eigenvalue weighted by molar-refractivity contribution is 0.270. The van der Waals surface area contributed by atoms with E-state index in [4.69, 9.17) is 14.4 Å². The number of H-pyrrole nitrogens is 1. The van der Waals surface area contributed by atoms with Crippen LogP contribution in [0.1, 0.15) is 11.5 Å². The molecule has 1 aromatic carbocycles. The molecule has 0 atom stereocenters. The predicted molar refractivity (Wildman–Crippen MR) is 67.4 cm³/mol. The van der Waals surface area contributed by atoms with Gasteiger partial charge >= 0.3 is 0 Å². The van der Waals surface area contributed by atoms with Gasteiger partial charge in [-0.15, -0.1) is 5.10 Å². The maximum absolute atomic E-state index is 8.94. The van der Waals surface area contributed by atoms with Crippen molar-refractivity contribution in [1.82, 2.24) is 20.4 Å². The average molecular weight is 267 g/mol. The molecule has 2 aromatic heterocycles. The van der Waals surface area contributed by atoms with Crippen molar-refractivity contribution < 1.29 is 9.15 Å². The molecule has 0 spiro atoms. The largest absolute Gasteiger partial charge is 0.486 e. The summed E-state index contributed by atoms with van der Waals surface area (Å²) in [5.74, 6) is 1.28. The average Bonchev–Trinajstić information content (AvgIpc) is 3.16. The van der Waals surface area contributed by atoms with Gasteiger partial charge < -0.3 is 9.15 Å². The van der Waals surface area contributed by atoms with Crippen LogP contribution in [-0.4, -0.2) is 20.4 Å². The fourth-order valence-corrected chi connectivity index (χ4v) is 1.71. The molecule has 7 heteroatoms. The van der Waals surface area contributed by atoms with Crippen molar-refractivity contribution >= 4 is 0 Å². The summed E-state index contributed by atoms with van der Waals surface area (Å²) in [7, 11) is 0. The molecule has 0 unspecified atom stereocenters. The van der Waals surface area contributed by atoms with Crippen LogP contribution in [0, 0.1) is 11.3 Å². The van der Waals surface area contributed by atoms with E-state index in [1.165, 1.54) is 6.39 Å². The van der Waals surface area contributed by atoms with Crippen LogP contribution in [0.25, 0.3) is 11.3 Å². The first-order valence-electron chi connectivity index (χ1n) is 5.78. The Morgan fingerprint density at radius 3 is 3.10 bits per heavy atom. The molecule has 0 amide bonds. The molecule has 1 N–H and O–H groups in total. The number of oxazole rings is 1. The number of ether oxygens (including phenoxy) is 1. The lowest BCUT2D eigenvalue weighted by Gasteiger charge is -2.05. The van der Waals surface area contributed by atoms with E-state index in [1.807, 2.05) is 24.3 Å². The fraction of sp³-hybridized carbons (Fsp3) is 0.0769. The molecule has 0 fully saturated rings. The molecule has 3 aromatic rings. The van der Waals surface area contributed by atoms with Crippen molar-refractivity contribution in [1.29, 1.82) is 5.26 Å². The quantitative estimate of drug-likeness (QED) is 0.774. The Kier molecular flexibility index (Phi) is 3.12. The zero-order valence-corrected chi connectivity index (χ0v) is 10.3. The number of hydrogen-bond acceptors (Lipinski definition) is 6. The van der Waals surface area contributed by atoms with Crippen molar-refractivity contribution in [3.8, 4) is 23.1 Å². The van der Waals surface area contributed by atoms with Gasteiger partial charge in [-0.1, -0.05) is 12.1 Å². The summed E-state index contributed by atoms with van der Waals surface area (Å²) in [5, 5.41) is 19.1. The summed E-state index contributed by atoms with van der Waals surface area (Å²) in [6, 6.07) is 9.23. The Hall–Kier alpha value is -3.14. The third-order valence-electron chi connectivity index (χ3n) is 2.63.